The summed E-state index contributed by atoms with van der Waals surface area (Å²) in [6.07, 6.45) is 0.689. The standard InChI is InChI=1S/C19H21FN2O3/c1-2-5-13-6-3-4-7-16(13)22-19(25)18(24)21-12-17(23)14-8-10-15(20)11-9-14/h3-4,6-11,17,23H,2,5,12H2,1H3,(H,21,24)(H,22,25). The molecule has 25 heavy (non-hydrogen) atoms. The molecule has 6 heteroatoms. The van der Waals surface area contributed by atoms with Crippen molar-refractivity contribution in [3.05, 3.63) is 65.5 Å². The van der Waals surface area contributed by atoms with Crippen LogP contribution in [0.1, 0.15) is 30.6 Å². The van der Waals surface area contributed by atoms with Crippen molar-refractivity contribution < 1.29 is 19.1 Å². The van der Waals surface area contributed by atoms with Gasteiger partial charge in [-0.1, -0.05) is 43.7 Å². The van der Waals surface area contributed by atoms with Crippen LogP contribution in [0.2, 0.25) is 0 Å². The Morgan fingerprint density at radius 2 is 1.76 bits per heavy atom. The van der Waals surface area contributed by atoms with Gasteiger partial charge < -0.3 is 15.7 Å². The quantitative estimate of drug-likeness (QED) is 0.705. The van der Waals surface area contributed by atoms with Crippen LogP contribution in [0.4, 0.5) is 10.1 Å². The minimum Gasteiger partial charge on any atom is -0.387 e. The normalized spacial score (nSPS) is 11.6. The molecule has 2 aromatic carbocycles. The smallest absolute Gasteiger partial charge is 0.313 e. The summed E-state index contributed by atoms with van der Waals surface area (Å²) >= 11 is 0. The Bertz CT molecular complexity index is 732. The first-order valence-corrected chi connectivity index (χ1v) is 8.12. The average Bonchev–Trinajstić information content (AvgIpc) is 2.61. The molecule has 3 N–H and O–H groups in total. The second-order valence-electron chi connectivity index (χ2n) is 5.64. The number of hydrogen-bond acceptors (Lipinski definition) is 3. The molecule has 0 aliphatic carbocycles. The lowest BCUT2D eigenvalue weighted by Gasteiger charge is -2.13. The van der Waals surface area contributed by atoms with Crippen molar-refractivity contribution in [3.8, 4) is 0 Å². The average molecular weight is 344 g/mol. The van der Waals surface area contributed by atoms with Crippen LogP contribution >= 0.6 is 0 Å². The van der Waals surface area contributed by atoms with Crippen LogP contribution in [0, 0.1) is 5.82 Å². The van der Waals surface area contributed by atoms with Gasteiger partial charge in [-0.2, -0.15) is 0 Å². The lowest BCUT2D eigenvalue weighted by molar-refractivity contribution is -0.136. The molecule has 0 bridgehead atoms. The van der Waals surface area contributed by atoms with E-state index in [0.29, 0.717) is 11.3 Å². The molecule has 1 unspecified atom stereocenters. The predicted molar refractivity (Wildman–Crippen MR) is 93.4 cm³/mol. The largest absolute Gasteiger partial charge is 0.387 e. The third-order valence-electron chi connectivity index (χ3n) is 3.70. The van der Waals surface area contributed by atoms with E-state index in [9.17, 15) is 19.1 Å². The Morgan fingerprint density at radius 3 is 2.44 bits per heavy atom. The predicted octanol–water partition coefficient (Wildman–Crippen LogP) is 2.57. The van der Waals surface area contributed by atoms with Crippen molar-refractivity contribution in [1.29, 1.82) is 0 Å². The second-order valence-corrected chi connectivity index (χ2v) is 5.64. The van der Waals surface area contributed by atoms with Gasteiger partial charge in [0.05, 0.1) is 6.10 Å². The summed E-state index contributed by atoms with van der Waals surface area (Å²) in [4.78, 5) is 23.9. The third-order valence-corrected chi connectivity index (χ3v) is 3.70. The maximum Gasteiger partial charge on any atom is 0.313 e. The molecule has 1 atom stereocenters. The molecular weight excluding hydrogens is 323 g/mol. The molecule has 0 aromatic heterocycles. The molecule has 2 aromatic rings. The van der Waals surface area contributed by atoms with E-state index in [1.54, 1.807) is 12.1 Å². The Balaban J connectivity index is 1.90. The lowest BCUT2D eigenvalue weighted by Crippen LogP contribution is -2.37. The Morgan fingerprint density at radius 1 is 1.08 bits per heavy atom. The van der Waals surface area contributed by atoms with Crippen LogP contribution in [-0.2, 0) is 16.0 Å². The first-order chi connectivity index (χ1) is 12.0. The van der Waals surface area contributed by atoms with E-state index in [2.05, 4.69) is 10.6 Å². The fourth-order valence-electron chi connectivity index (χ4n) is 2.38. The summed E-state index contributed by atoms with van der Waals surface area (Å²) in [6, 6.07) is 12.6. The zero-order chi connectivity index (χ0) is 18.2. The number of anilines is 1. The fourth-order valence-corrected chi connectivity index (χ4v) is 2.38. The van der Waals surface area contributed by atoms with Crippen LogP contribution < -0.4 is 10.6 Å². The van der Waals surface area contributed by atoms with Crippen molar-refractivity contribution >= 4 is 17.5 Å². The highest BCUT2D eigenvalue weighted by Gasteiger charge is 2.17. The van der Waals surface area contributed by atoms with E-state index in [-0.39, 0.29) is 6.54 Å². The monoisotopic (exact) mass is 344 g/mol. The third kappa shape index (κ3) is 5.39. The SMILES string of the molecule is CCCc1ccccc1NC(=O)C(=O)NCC(O)c1ccc(F)cc1. The topological polar surface area (TPSA) is 78.4 Å². The van der Waals surface area contributed by atoms with Crippen LogP contribution in [-0.4, -0.2) is 23.5 Å². The number of hydrogen-bond donors (Lipinski definition) is 3. The van der Waals surface area contributed by atoms with Crippen LogP contribution in [0.5, 0.6) is 0 Å². The van der Waals surface area contributed by atoms with Gasteiger partial charge in [0.2, 0.25) is 0 Å². The number of aliphatic hydroxyl groups is 1. The van der Waals surface area contributed by atoms with Crippen molar-refractivity contribution in [2.45, 2.75) is 25.9 Å². The summed E-state index contributed by atoms with van der Waals surface area (Å²) in [5.41, 5.74) is 2.01. The molecule has 0 saturated carbocycles. The zero-order valence-corrected chi connectivity index (χ0v) is 14.0. The molecule has 0 heterocycles. The van der Waals surface area contributed by atoms with E-state index in [1.807, 2.05) is 19.1 Å². The number of nitrogens with one attached hydrogen (secondary N) is 2. The van der Waals surface area contributed by atoms with E-state index in [0.717, 1.165) is 18.4 Å². The number of carbonyl (C=O) groups is 2. The number of aliphatic hydroxyl groups excluding tert-OH is 1. The highest BCUT2D eigenvalue weighted by Crippen LogP contribution is 2.17. The molecule has 0 spiro atoms. The molecule has 0 aliphatic heterocycles. The molecular formula is C19H21FN2O3. The van der Waals surface area contributed by atoms with Gasteiger partial charge in [0.25, 0.3) is 0 Å². The summed E-state index contributed by atoms with van der Waals surface area (Å²) in [5.74, 6) is -2.05. The maximum absolute atomic E-state index is 12.9. The molecule has 0 aliphatic rings. The van der Waals surface area contributed by atoms with Gasteiger partial charge in [0.15, 0.2) is 0 Å². The van der Waals surface area contributed by atoms with Gasteiger partial charge in [-0.05, 0) is 35.7 Å². The van der Waals surface area contributed by atoms with Crippen molar-refractivity contribution in [3.63, 3.8) is 0 Å². The molecule has 132 valence electrons. The first-order valence-electron chi connectivity index (χ1n) is 8.12. The lowest BCUT2D eigenvalue weighted by atomic mass is 10.1. The molecule has 2 amide bonds. The summed E-state index contributed by atoms with van der Waals surface area (Å²) in [6.45, 7) is 1.89. The minimum absolute atomic E-state index is 0.144. The van der Waals surface area contributed by atoms with Gasteiger partial charge in [-0.25, -0.2) is 4.39 Å². The molecule has 0 saturated heterocycles. The van der Waals surface area contributed by atoms with Gasteiger partial charge in [0.1, 0.15) is 5.82 Å². The molecule has 0 fully saturated rings. The summed E-state index contributed by atoms with van der Waals surface area (Å²) < 4.78 is 12.9. The van der Waals surface area contributed by atoms with Crippen LogP contribution in [0.15, 0.2) is 48.5 Å². The highest BCUT2D eigenvalue weighted by molar-refractivity contribution is 6.39. The van der Waals surface area contributed by atoms with Crippen LogP contribution in [0.25, 0.3) is 0 Å². The number of aryl methyl sites for hydroxylation is 1. The van der Waals surface area contributed by atoms with Crippen molar-refractivity contribution in [1.82, 2.24) is 5.32 Å². The van der Waals surface area contributed by atoms with E-state index < -0.39 is 23.7 Å². The first kappa shape index (κ1) is 18.6. The number of amides is 2. The molecule has 0 radical (unpaired) electrons. The summed E-state index contributed by atoms with van der Waals surface area (Å²) in [5, 5.41) is 14.9. The Hall–Kier alpha value is -2.73. The van der Waals surface area contributed by atoms with Gasteiger partial charge in [-0.15, -0.1) is 0 Å². The van der Waals surface area contributed by atoms with E-state index in [4.69, 9.17) is 0 Å². The number of carbonyl (C=O) groups excluding carboxylic acids is 2. The van der Waals surface area contributed by atoms with E-state index >= 15 is 0 Å². The van der Waals surface area contributed by atoms with Gasteiger partial charge in [0, 0.05) is 12.2 Å². The van der Waals surface area contributed by atoms with Crippen LogP contribution in [0.3, 0.4) is 0 Å². The zero-order valence-electron chi connectivity index (χ0n) is 14.0. The van der Waals surface area contributed by atoms with Crippen molar-refractivity contribution in [2.75, 3.05) is 11.9 Å². The highest BCUT2D eigenvalue weighted by atomic mass is 19.1. The minimum atomic E-state index is -1.02. The Labute approximate surface area is 145 Å². The number of para-hydroxylation sites is 1. The number of benzene rings is 2. The molecule has 2 rings (SSSR count). The van der Waals surface area contributed by atoms with Gasteiger partial charge in [-0.3, -0.25) is 9.59 Å². The second kappa shape index (κ2) is 8.94. The number of halogens is 1. The van der Waals surface area contributed by atoms with Crippen molar-refractivity contribution in [2.24, 2.45) is 0 Å². The van der Waals surface area contributed by atoms with Gasteiger partial charge >= 0.3 is 11.8 Å². The Kier molecular flexibility index (Phi) is 6.65. The van der Waals surface area contributed by atoms with E-state index in [1.165, 1.54) is 24.3 Å². The fraction of sp³-hybridized carbons (Fsp3) is 0.263. The number of rotatable bonds is 6. The maximum atomic E-state index is 12.9. The summed E-state index contributed by atoms with van der Waals surface area (Å²) in [7, 11) is 0. The molecule has 5 nitrogen and oxygen atoms in total.